The van der Waals surface area contributed by atoms with E-state index in [2.05, 4.69) is 54.0 Å². The minimum Gasteiger partial charge on any atom is -0.340 e. The first-order valence-electron chi connectivity index (χ1n) is 7.42. The molecule has 3 rings (SSSR count). The van der Waals surface area contributed by atoms with Gasteiger partial charge >= 0.3 is 0 Å². The van der Waals surface area contributed by atoms with Crippen LogP contribution in [0.15, 0.2) is 48.5 Å². The van der Waals surface area contributed by atoms with Crippen molar-refractivity contribution in [3.63, 3.8) is 0 Å². The van der Waals surface area contributed by atoms with Crippen molar-refractivity contribution in [2.45, 2.75) is 26.3 Å². The summed E-state index contributed by atoms with van der Waals surface area (Å²) in [5.74, 6) is 0. The van der Waals surface area contributed by atoms with Gasteiger partial charge in [-0.3, -0.25) is 0 Å². The van der Waals surface area contributed by atoms with E-state index in [0.717, 1.165) is 12.1 Å². The maximum Gasteiger partial charge on any atom is 0.0912 e. The molecule has 0 N–H and O–H groups in total. The second-order valence-electron chi connectivity index (χ2n) is 5.26. The van der Waals surface area contributed by atoms with Crippen LogP contribution in [0.25, 0.3) is 27.9 Å². The van der Waals surface area contributed by atoms with Crippen LogP contribution < -0.4 is 0 Å². The number of para-hydroxylation sites is 1. The molecule has 0 radical (unpaired) electrons. The summed E-state index contributed by atoms with van der Waals surface area (Å²) in [6.45, 7) is 3.27. The molecule has 0 saturated heterocycles. The summed E-state index contributed by atoms with van der Waals surface area (Å²) in [5, 5.41) is 11.2. The fraction of sp³-hybridized carbons (Fsp3) is 0.211. The van der Waals surface area contributed by atoms with Gasteiger partial charge in [0.05, 0.1) is 6.07 Å². The minimum atomic E-state index is 1.05. The zero-order valence-corrected chi connectivity index (χ0v) is 12.2. The zero-order chi connectivity index (χ0) is 14.7. The summed E-state index contributed by atoms with van der Waals surface area (Å²) in [4.78, 5) is 0. The maximum absolute atomic E-state index is 8.67. The lowest BCUT2D eigenvalue weighted by molar-refractivity contribution is 0.665. The zero-order valence-electron chi connectivity index (χ0n) is 12.2. The predicted molar refractivity (Wildman–Crippen MR) is 89.0 cm³/mol. The molecule has 3 aromatic rings. The summed E-state index contributed by atoms with van der Waals surface area (Å²) in [6.07, 6.45) is 5.76. The van der Waals surface area contributed by atoms with Crippen LogP contribution in [0.2, 0.25) is 0 Å². The summed E-state index contributed by atoms with van der Waals surface area (Å²) in [5.41, 5.74) is 3.64. The Kier molecular flexibility index (Phi) is 3.75. The van der Waals surface area contributed by atoms with E-state index in [-0.39, 0.29) is 0 Å². The van der Waals surface area contributed by atoms with E-state index in [0.29, 0.717) is 0 Å². The van der Waals surface area contributed by atoms with Crippen LogP contribution in [0.5, 0.6) is 0 Å². The van der Waals surface area contributed by atoms with Crippen LogP contribution in [0, 0.1) is 11.3 Å². The molecule has 1 heterocycles. The van der Waals surface area contributed by atoms with Crippen molar-refractivity contribution in [2.75, 3.05) is 0 Å². The van der Waals surface area contributed by atoms with E-state index in [9.17, 15) is 0 Å². The number of hydrogen-bond acceptors (Lipinski definition) is 1. The fourth-order valence-electron chi connectivity index (χ4n) is 2.87. The van der Waals surface area contributed by atoms with E-state index in [1.165, 1.54) is 40.7 Å². The normalized spacial score (nSPS) is 11.4. The molecule has 0 fully saturated rings. The molecule has 21 heavy (non-hydrogen) atoms. The van der Waals surface area contributed by atoms with Gasteiger partial charge in [0.25, 0.3) is 0 Å². The van der Waals surface area contributed by atoms with Gasteiger partial charge in [0.1, 0.15) is 0 Å². The van der Waals surface area contributed by atoms with Crippen molar-refractivity contribution < 1.29 is 0 Å². The van der Waals surface area contributed by atoms with E-state index < -0.39 is 0 Å². The van der Waals surface area contributed by atoms with E-state index in [1.54, 1.807) is 0 Å². The Morgan fingerprint density at radius 2 is 1.90 bits per heavy atom. The van der Waals surface area contributed by atoms with Gasteiger partial charge in [-0.15, -0.1) is 0 Å². The predicted octanol–water partition coefficient (Wildman–Crippen LogP) is 5.13. The number of nitrogens with zero attached hydrogens (tertiary/aromatic N) is 2. The van der Waals surface area contributed by atoms with Crippen molar-refractivity contribution >= 4 is 27.9 Å². The number of rotatable bonds is 4. The van der Waals surface area contributed by atoms with Crippen LogP contribution in [-0.4, -0.2) is 4.57 Å². The second-order valence-corrected chi connectivity index (χ2v) is 5.26. The highest BCUT2D eigenvalue weighted by atomic mass is 15.0. The number of unbranched alkanes of at least 4 members (excludes halogenated alkanes) is 1. The molecule has 0 aliphatic carbocycles. The van der Waals surface area contributed by atoms with Crippen LogP contribution in [-0.2, 0) is 6.54 Å². The molecule has 2 heteroatoms. The number of fused-ring (bicyclic) bond motifs is 3. The van der Waals surface area contributed by atoms with Crippen molar-refractivity contribution in [3.8, 4) is 6.07 Å². The quantitative estimate of drug-likeness (QED) is 0.606. The molecular formula is C19H18N2. The van der Waals surface area contributed by atoms with Gasteiger partial charge in [-0.1, -0.05) is 37.6 Å². The number of aryl methyl sites for hydroxylation is 1. The smallest absolute Gasteiger partial charge is 0.0912 e. The Morgan fingerprint density at radius 3 is 2.71 bits per heavy atom. The molecule has 0 spiro atoms. The average Bonchev–Trinajstić information content (AvgIpc) is 2.84. The summed E-state index contributed by atoms with van der Waals surface area (Å²) in [7, 11) is 0. The molecule has 0 atom stereocenters. The van der Waals surface area contributed by atoms with Crippen LogP contribution >= 0.6 is 0 Å². The first-order valence-corrected chi connectivity index (χ1v) is 7.42. The van der Waals surface area contributed by atoms with E-state index in [1.807, 2.05) is 12.1 Å². The lowest BCUT2D eigenvalue weighted by Crippen LogP contribution is -1.96. The van der Waals surface area contributed by atoms with Gasteiger partial charge < -0.3 is 4.57 Å². The number of allylic oxidation sites excluding steroid dienone is 1. The molecular weight excluding hydrogens is 256 g/mol. The number of aromatic nitrogens is 1. The van der Waals surface area contributed by atoms with Crippen LogP contribution in [0.4, 0.5) is 0 Å². The highest BCUT2D eigenvalue weighted by Gasteiger charge is 2.09. The lowest BCUT2D eigenvalue weighted by atomic mass is 10.1. The number of benzene rings is 2. The van der Waals surface area contributed by atoms with Gasteiger partial charge in [0.2, 0.25) is 0 Å². The van der Waals surface area contributed by atoms with Crippen molar-refractivity contribution in [1.82, 2.24) is 4.57 Å². The Morgan fingerprint density at radius 1 is 1.10 bits per heavy atom. The standard InChI is InChI=1S/C19H18N2/c1-2-3-13-21-18-9-5-4-8-16(18)17-14-15(7-6-12-20)10-11-19(17)21/h4-11,14H,2-3,13H2,1H3. The van der Waals surface area contributed by atoms with Crippen LogP contribution in [0.3, 0.4) is 0 Å². The summed E-state index contributed by atoms with van der Waals surface area (Å²) >= 11 is 0. The first kappa shape index (κ1) is 13.5. The van der Waals surface area contributed by atoms with Crippen molar-refractivity contribution in [2.24, 2.45) is 0 Å². The highest BCUT2D eigenvalue weighted by Crippen LogP contribution is 2.30. The summed E-state index contributed by atoms with van der Waals surface area (Å²) < 4.78 is 2.41. The number of hydrogen-bond donors (Lipinski definition) is 0. The monoisotopic (exact) mass is 274 g/mol. The van der Waals surface area contributed by atoms with Gasteiger partial charge in [0, 0.05) is 34.4 Å². The minimum absolute atomic E-state index is 1.05. The highest BCUT2D eigenvalue weighted by molar-refractivity contribution is 6.08. The van der Waals surface area contributed by atoms with Crippen LogP contribution in [0.1, 0.15) is 25.3 Å². The topological polar surface area (TPSA) is 28.7 Å². The molecule has 2 aromatic carbocycles. The molecule has 0 saturated carbocycles. The molecule has 0 bridgehead atoms. The third-order valence-corrected chi connectivity index (χ3v) is 3.88. The second kappa shape index (κ2) is 5.85. The molecule has 1 aromatic heterocycles. The van der Waals surface area contributed by atoms with Gasteiger partial charge in [-0.25, -0.2) is 0 Å². The SMILES string of the molecule is CCCCn1c2ccccc2c2cc(C=CC#N)ccc21. The van der Waals surface area contributed by atoms with Gasteiger partial charge in [0.15, 0.2) is 0 Å². The largest absolute Gasteiger partial charge is 0.340 e. The number of nitriles is 1. The van der Waals surface area contributed by atoms with E-state index in [4.69, 9.17) is 5.26 Å². The Labute approximate surface area is 124 Å². The van der Waals surface area contributed by atoms with Gasteiger partial charge in [-0.05, 0) is 36.3 Å². The van der Waals surface area contributed by atoms with Gasteiger partial charge in [-0.2, -0.15) is 5.26 Å². The first-order chi connectivity index (χ1) is 10.3. The van der Waals surface area contributed by atoms with Crippen molar-refractivity contribution in [3.05, 3.63) is 54.1 Å². The maximum atomic E-state index is 8.67. The Bertz CT molecular complexity index is 847. The van der Waals surface area contributed by atoms with Crippen molar-refractivity contribution in [1.29, 1.82) is 5.26 Å². The molecule has 104 valence electrons. The molecule has 0 aliphatic rings. The lowest BCUT2D eigenvalue weighted by Gasteiger charge is -2.06. The van der Waals surface area contributed by atoms with E-state index >= 15 is 0 Å². The molecule has 0 aliphatic heterocycles. The summed E-state index contributed by atoms with van der Waals surface area (Å²) in [6, 6.07) is 17.0. The fourth-order valence-corrected chi connectivity index (χ4v) is 2.87. The molecule has 0 amide bonds. The molecule has 0 unspecified atom stereocenters. The Balaban J connectivity index is 2.25. The molecule has 2 nitrogen and oxygen atoms in total. The third-order valence-electron chi connectivity index (χ3n) is 3.88. The average molecular weight is 274 g/mol. The Hall–Kier alpha value is -2.53. The third kappa shape index (κ3) is 2.43.